The van der Waals surface area contributed by atoms with E-state index in [9.17, 15) is 4.79 Å². The Morgan fingerprint density at radius 1 is 1.53 bits per heavy atom. The smallest absolute Gasteiger partial charge is 0.346 e. The third kappa shape index (κ3) is 2.68. The molecule has 6 heteroatoms. The molecule has 0 atom stereocenters. The quantitative estimate of drug-likeness (QED) is 0.862. The lowest BCUT2D eigenvalue weighted by atomic mass is 10.2. The van der Waals surface area contributed by atoms with Crippen LogP contribution < -0.4 is 0 Å². The summed E-state index contributed by atoms with van der Waals surface area (Å²) in [5.74, 6) is -0.912. The molecule has 88 valence electrons. The number of pyridine rings is 1. The van der Waals surface area contributed by atoms with Crippen molar-refractivity contribution < 1.29 is 9.90 Å². The van der Waals surface area contributed by atoms with Gasteiger partial charge in [-0.3, -0.25) is 4.98 Å². The Labute approximate surface area is 115 Å². The number of aromatic nitrogens is 1. The van der Waals surface area contributed by atoms with E-state index in [2.05, 4.69) is 20.9 Å². The van der Waals surface area contributed by atoms with E-state index in [-0.39, 0.29) is 0 Å². The molecule has 0 aromatic carbocycles. The number of nitrogens with zero attached hydrogens (tertiary/aromatic N) is 1. The average Bonchev–Trinajstić information content (AvgIpc) is 2.74. The highest BCUT2D eigenvalue weighted by atomic mass is 79.9. The molecule has 0 saturated carbocycles. The maximum absolute atomic E-state index is 11.0. The number of carboxylic acid groups (broad SMARTS) is 1. The van der Waals surface area contributed by atoms with Crippen LogP contribution in [0.5, 0.6) is 0 Å². The lowest BCUT2D eigenvalue weighted by Gasteiger charge is -1.95. The average molecular weight is 333 g/mol. The summed E-state index contributed by atoms with van der Waals surface area (Å²) in [6.07, 6.45) is 1.55. The second kappa shape index (κ2) is 5.16. The second-order valence-corrected chi connectivity index (χ2v) is 5.31. The van der Waals surface area contributed by atoms with E-state index in [4.69, 9.17) is 16.7 Å². The topological polar surface area (TPSA) is 50.2 Å². The van der Waals surface area contributed by atoms with Crippen molar-refractivity contribution in [2.75, 3.05) is 0 Å². The van der Waals surface area contributed by atoms with E-state index < -0.39 is 5.97 Å². The number of hydrogen-bond acceptors (Lipinski definition) is 3. The molecule has 0 aliphatic rings. The summed E-state index contributed by atoms with van der Waals surface area (Å²) < 4.78 is 0. The van der Waals surface area contributed by atoms with Crippen molar-refractivity contribution in [1.29, 1.82) is 0 Å². The van der Waals surface area contributed by atoms with Gasteiger partial charge >= 0.3 is 5.97 Å². The van der Waals surface area contributed by atoms with Crippen LogP contribution in [0, 0.1) is 0 Å². The van der Waals surface area contributed by atoms with Crippen LogP contribution in [0.1, 0.15) is 15.2 Å². The zero-order valence-electron chi connectivity index (χ0n) is 8.48. The Hall–Kier alpha value is -0.910. The van der Waals surface area contributed by atoms with Gasteiger partial charge in [-0.25, -0.2) is 4.79 Å². The van der Waals surface area contributed by atoms with Crippen LogP contribution in [0.2, 0.25) is 5.02 Å². The molecule has 2 aromatic rings. The zero-order valence-corrected chi connectivity index (χ0v) is 11.6. The predicted molar refractivity (Wildman–Crippen MR) is 72.2 cm³/mol. The van der Waals surface area contributed by atoms with Crippen molar-refractivity contribution in [1.82, 2.24) is 4.98 Å². The van der Waals surface area contributed by atoms with Crippen molar-refractivity contribution in [3.8, 4) is 10.6 Å². The first kappa shape index (κ1) is 12.5. The fourth-order valence-corrected chi connectivity index (χ4v) is 3.09. The maximum Gasteiger partial charge on any atom is 0.346 e. The van der Waals surface area contributed by atoms with Crippen molar-refractivity contribution in [3.63, 3.8) is 0 Å². The summed E-state index contributed by atoms with van der Waals surface area (Å²) in [6.45, 7) is 0. The molecule has 0 unspecified atom stereocenters. The molecule has 0 aliphatic heterocycles. The molecule has 0 saturated heterocycles. The molecular formula is C11H7BrClNO2S. The van der Waals surface area contributed by atoms with Crippen LogP contribution in [-0.2, 0) is 5.33 Å². The van der Waals surface area contributed by atoms with Crippen LogP contribution in [-0.4, -0.2) is 16.1 Å². The fraction of sp³-hybridized carbons (Fsp3) is 0.0909. The first-order valence-electron chi connectivity index (χ1n) is 4.65. The van der Waals surface area contributed by atoms with Gasteiger partial charge in [0.05, 0.1) is 15.6 Å². The molecule has 0 spiro atoms. The largest absolute Gasteiger partial charge is 0.477 e. The molecule has 17 heavy (non-hydrogen) atoms. The monoisotopic (exact) mass is 331 g/mol. The minimum atomic E-state index is -0.912. The van der Waals surface area contributed by atoms with E-state index >= 15 is 0 Å². The third-order valence-electron chi connectivity index (χ3n) is 2.13. The Bertz CT molecular complexity index is 553. The number of carboxylic acids is 1. The van der Waals surface area contributed by atoms with E-state index in [1.54, 1.807) is 18.3 Å². The SMILES string of the molecule is O=C(O)c1sc(-c2ccc(Cl)cn2)cc1CBr. The third-order valence-corrected chi connectivity index (χ3v) is 4.14. The molecule has 0 bridgehead atoms. The van der Waals surface area contributed by atoms with Gasteiger partial charge in [0.25, 0.3) is 0 Å². The van der Waals surface area contributed by atoms with Gasteiger partial charge in [0, 0.05) is 11.5 Å². The number of carbonyl (C=O) groups is 1. The van der Waals surface area contributed by atoms with E-state index in [0.29, 0.717) is 15.2 Å². The van der Waals surface area contributed by atoms with Gasteiger partial charge in [-0.1, -0.05) is 27.5 Å². The van der Waals surface area contributed by atoms with Crippen molar-refractivity contribution in [2.24, 2.45) is 0 Å². The van der Waals surface area contributed by atoms with E-state index in [1.165, 1.54) is 11.3 Å². The summed E-state index contributed by atoms with van der Waals surface area (Å²) >= 11 is 10.2. The fourth-order valence-electron chi connectivity index (χ4n) is 1.36. The lowest BCUT2D eigenvalue weighted by Crippen LogP contribution is -1.94. The normalized spacial score (nSPS) is 10.5. The molecule has 0 radical (unpaired) electrons. The maximum atomic E-state index is 11.0. The van der Waals surface area contributed by atoms with Gasteiger partial charge in [0.2, 0.25) is 0 Å². The second-order valence-electron chi connectivity index (χ2n) is 3.27. The summed E-state index contributed by atoms with van der Waals surface area (Å²) in [5.41, 5.74) is 1.49. The molecule has 2 heterocycles. The molecule has 0 aliphatic carbocycles. The summed E-state index contributed by atoms with van der Waals surface area (Å²) in [7, 11) is 0. The van der Waals surface area contributed by atoms with Crippen LogP contribution in [0.4, 0.5) is 0 Å². The van der Waals surface area contributed by atoms with Crippen molar-refractivity contribution in [3.05, 3.63) is 39.9 Å². The van der Waals surface area contributed by atoms with Crippen molar-refractivity contribution >= 4 is 44.8 Å². The number of alkyl halides is 1. The van der Waals surface area contributed by atoms with Crippen LogP contribution in [0.3, 0.4) is 0 Å². The van der Waals surface area contributed by atoms with Gasteiger partial charge < -0.3 is 5.11 Å². The summed E-state index contributed by atoms with van der Waals surface area (Å²) in [4.78, 5) is 16.4. The van der Waals surface area contributed by atoms with Gasteiger partial charge in [0.15, 0.2) is 0 Å². The van der Waals surface area contributed by atoms with Crippen molar-refractivity contribution in [2.45, 2.75) is 5.33 Å². The Morgan fingerprint density at radius 3 is 2.76 bits per heavy atom. The zero-order chi connectivity index (χ0) is 12.4. The van der Waals surface area contributed by atoms with Gasteiger partial charge in [-0.05, 0) is 23.8 Å². The first-order chi connectivity index (χ1) is 8.11. The van der Waals surface area contributed by atoms with Crippen LogP contribution in [0.25, 0.3) is 10.6 Å². The number of rotatable bonds is 3. The Kier molecular flexibility index (Phi) is 3.81. The molecular weight excluding hydrogens is 326 g/mol. The number of aromatic carboxylic acids is 1. The standard InChI is InChI=1S/C11H7BrClNO2S/c12-4-6-3-9(17-10(6)11(15)16)8-2-1-7(13)5-14-8/h1-3,5H,4H2,(H,15,16). The van der Waals surface area contributed by atoms with Gasteiger partial charge in [-0.15, -0.1) is 11.3 Å². The number of hydrogen-bond donors (Lipinski definition) is 1. The summed E-state index contributed by atoms with van der Waals surface area (Å²) in [5, 5.41) is 10.1. The van der Waals surface area contributed by atoms with Gasteiger partial charge in [0.1, 0.15) is 4.88 Å². The molecule has 0 amide bonds. The van der Waals surface area contributed by atoms with E-state index in [0.717, 1.165) is 16.1 Å². The first-order valence-corrected chi connectivity index (χ1v) is 6.97. The highest BCUT2D eigenvalue weighted by Gasteiger charge is 2.15. The molecule has 0 fully saturated rings. The molecule has 2 rings (SSSR count). The molecule has 1 N–H and O–H groups in total. The molecule has 2 aromatic heterocycles. The minimum Gasteiger partial charge on any atom is -0.477 e. The number of thiophene rings is 1. The van der Waals surface area contributed by atoms with E-state index in [1.807, 2.05) is 6.07 Å². The summed E-state index contributed by atoms with van der Waals surface area (Å²) in [6, 6.07) is 5.34. The van der Waals surface area contributed by atoms with Gasteiger partial charge in [-0.2, -0.15) is 0 Å². The highest BCUT2D eigenvalue weighted by molar-refractivity contribution is 9.08. The lowest BCUT2D eigenvalue weighted by molar-refractivity contribution is 0.0701. The molecule has 3 nitrogen and oxygen atoms in total. The predicted octanol–water partition coefficient (Wildman–Crippen LogP) is 4.06. The van der Waals surface area contributed by atoms with Crippen LogP contribution in [0.15, 0.2) is 24.4 Å². The number of halogens is 2. The Balaban J connectivity index is 2.46. The highest BCUT2D eigenvalue weighted by Crippen LogP contribution is 2.32. The van der Waals surface area contributed by atoms with Crippen LogP contribution >= 0.6 is 38.9 Å². The Morgan fingerprint density at radius 2 is 2.29 bits per heavy atom. The minimum absolute atomic E-state index is 0.341.